The fourth-order valence-corrected chi connectivity index (χ4v) is 5.25. The number of aromatic nitrogens is 1. The molecule has 2 amide bonds. The minimum absolute atomic E-state index is 0.202. The van der Waals surface area contributed by atoms with Crippen LogP contribution in [0.15, 0.2) is 42.7 Å². The number of nitrogens with one attached hydrogen (secondary N) is 2. The van der Waals surface area contributed by atoms with Crippen molar-refractivity contribution in [1.29, 1.82) is 0 Å². The largest absolute Gasteiger partial charge is 0.496 e. The SMILES string of the molecule is COC(=O)c1cc(CNC(=O)c2c(NC(=O)c3cccnc3)sc3c2CCCC3)ccc1OC. The molecule has 0 fully saturated rings. The van der Waals surface area contributed by atoms with E-state index < -0.39 is 5.97 Å². The number of hydrogen-bond acceptors (Lipinski definition) is 7. The predicted octanol–water partition coefficient (Wildman–Crippen LogP) is 4.00. The number of carbonyl (C=O) groups is 3. The van der Waals surface area contributed by atoms with Gasteiger partial charge in [-0.25, -0.2) is 4.79 Å². The highest BCUT2D eigenvalue weighted by molar-refractivity contribution is 7.17. The molecule has 1 aliphatic rings. The maximum Gasteiger partial charge on any atom is 0.341 e. The quantitative estimate of drug-likeness (QED) is 0.496. The molecule has 0 unspecified atom stereocenters. The van der Waals surface area contributed by atoms with Crippen LogP contribution in [0.4, 0.5) is 5.00 Å². The van der Waals surface area contributed by atoms with Gasteiger partial charge in [-0.3, -0.25) is 14.6 Å². The number of rotatable bonds is 7. The van der Waals surface area contributed by atoms with Crippen molar-refractivity contribution < 1.29 is 23.9 Å². The van der Waals surface area contributed by atoms with E-state index in [1.54, 1.807) is 36.5 Å². The smallest absolute Gasteiger partial charge is 0.341 e. The lowest BCUT2D eigenvalue weighted by atomic mass is 9.95. The number of nitrogens with zero attached hydrogens (tertiary/aromatic N) is 1. The number of benzene rings is 1. The molecule has 1 aromatic carbocycles. The molecule has 0 saturated carbocycles. The van der Waals surface area contributed by atoms with Crippen LogP contribution in [0, 0.1) is 0 Å². The molecule has 2 N–H and O–H groups in total. The van der Waals surface area contributed by atoms with E-state index in [1.807, 2.05) is 0 Å². The third-order valence-electron chi connectivity index (χ3n) is 5.67. The number of thiophene rings is 1. The van der Waals surface area contributed by atoms with Crippen LogP contribution >= 0.6 is 11.3 Å². The Hall–Kier alpha value is -3.72. The molecule has 0 spiro atoms. The van der Waals surface area contributed by atoms with Crippen LogP contribution in [0.3, 0.4) is 0 Å². The monoisotopic (exact) mass is 479 g/mol. The van der Waals surface area contributed by atoms with E-state index in [-0.39, 0.29) is 23.9 Å². The summed E-state index contributed by atoms with van der Waals surface area (Å²) in [7, 11) is 2.78. The molecule has 3 aromatic rings. The predicted molar refractivity (Wildman–Crippen MR) is 129 cm³/mol. The number of carbonyl (C=O) groups excluding carboxylic acids is 3. The van der Waals surface area contributed by atoms with Gasteiger partial charge < -0.3 is 20.1 Å². The summed E-state index contributed by atoms with van der Waals surface area (Å²) in [6.07, 6.45) is 6.85. The van der Waals surface area contributed by atoms with Gasteiger partial charge in [0, 0.05) is 23.8 Å². The Bertz CT molecular complexity index is 1220. The molecule has 2 aromatic heterocycles. The number of pyridine rings is 1. The van der Waals surface area contributed by atoms with Gasteiger partial charge in [0.1, 0.15) is 16.3 Å². The van der Waals surface area contributed by atoms with Crippen molar-refractivity contribution in [1.82, 2.24) is 10.3 Å². The minimum atomic E-state index is -0.516. The molecule has 0 aliphatic heterocycles. The molecule has 2 heterocycles. The van der Waals surface area contributed by atoms with Gasteiger partial charge in [-0.2, -0.15) is 0 Å². The fourth-order valence-electron chi connectivity index (χ4n) is 3.97. The summed E-state index contributed by atoms with van der Waals surface area (Å²) in [5, 5.41) is 6.39. The summed E-state index contributed by atoms with van der Waals surface area (Å²) in [4.78, 5) is 43.2. The lowest BCUT2D eigenvalue weighted by molar-refractivity contribution is 0.0596. The van der Waals surface area contributed by atoms with Crippen LogP contribution in [0.2, 0.25) is 0 Å². The van der Waals surface area contributed by atoms with Crippen molar-refractivity contribution in [2.75, 3.05) is 19.5 Å². The second-order valence-electron chi connectivity index (χ2n) is 7.82. The first-order valence-corrected chi connectivity index (χ1v) is 11.7. The zero-order chi connectivity index (χ0) is 24.1. The molecule has 0 saturated heterocycles. The molecule has 4 rings (SSSR count). The van der Waals surface area contributed by atoms with E-state index in [2.05, 4.69) is 15.6 Å². The molecule has 9 heteroatoms. The number of esters is 1. The van der Waals surface area contributed by atoms with Gasteiger partial charge in [-0.1, -0.05) is 6.07 Å². The fraction of sp³-hybridized carbons (Fsp3) is 0.280. The van der Waals surface area contributed by atoms with E-state index in [0.717, 1.165) is 41.7 Å². The van der Waals surface area contributed by atoms with Crippen molar-refractivity contribution in [3.63, 3.8) is 0 Å². The van der Waals surface area contributed by atoms with Gasteiger partial charge in [0.05, 0.1) is 25.3 Å². The Morgan fingerprint density at radius 3 is 2.65 bits per heavy atom. The number of ether oxygens (including phenoxy) is 2. The second-order valence-corrected chi connectivity index (χ2v) is 8.92. The maximum atomic E-state index is 13.3. The van der Waals surface area contributed by atoms with Crippen molar-refractivity contribution in [3.05, 3.63) is 75.4 Å². The Labute approximate surface area is 201 Å². The average Bonchev–Trinajstić information content (AvgIpc) is 3.24. The first-order valence-electron chi connectivity index (χ1n) is 10.9. The Kier molecular flexibility index (Phi) is 7.22. The number of methoxy groups -OCH3 is 2. The number of hydrogen-bond donors (Lipinski definition) is 2. The molecule has 0 bridgehead atoms. The average molecular weight is 480 g/mol. The zero-order valence-corrected chi connectivity index (χ0v) is 19.8. The molecular weight excluding hydrogens is 454 g/mol. The number of aryl methyl sites for hydroxylation is 1. The summed E-state index contributed by atoms with van der Waals surface area (Å²) in [5.41, 5.74) is 2.95. The van der Waals surface area contributed by atoms with Crippen LogP contribution in [-0.2, 0) is 24.1 Å². The molecule has 0 atom stereocenters. The molecule has 0 radical (unpaired) electrons. The summed E-state index contributed by atoms with van der Waals surface area (Å²) < 4.78 is 10.0. The van der Waals surface area contributed by atoms with E-state index >= 15 is 0 Å². The highest BCUT2D eigenvalue weighted by Gasteiger charge is 2.26. The first kappa shape index (κ1) is 23.4. The summed E-state index contributed by atoms with van der Waals surface area (Å²) in [6.45, 7) is 0.202. The molecular formula is C25H25N3O5S. The van der Waals surface area contributed by atoms with E-state index in [1.165, 1.54) is 31.8 Å². The topological polar surface area (TPSA) is 107 Å². The summed E-state index contributed by atoms with van der Waals surface area (Å²) in [5.74, 6) is -0.693. The number of amides is 2. The van der Waals surface area contributed by atoms with Crippen LogP contribution in [0.1, 0.15) is 59.9 Å². The standard InChI is InChI=1S/C25H25N3O5S/c1-32-19-10-9-15(12-18(19)25(31)33-2)13-27-23(30)21-17-7-3-4-8-20(17)34-24(21)28-22(29)16-6-5-11-26-14-16/h5-6,9-12,14H,3-4,7-8,13H2,1-2H3,(H,27,30)(H,28,29). The van der Waals surface area contributed by atoms with E-state index in [0.29, 0.717) is 21.9 Å². The number of anilines is 1. The lowest BCUT2D eigenvalue weighted by Gasteiger charge is -2.14. The van der Waals surface area contributed by atoms with Crippen molar-refractivity contribution in [3.8, 4) is 5.75 Å². The molecule has 176 valence electrons. The third kappa shape index (κ3) is 4.94. The summed E-state index contributed by atoms with van der Waals surface area (Å²) >= 11 is 1.46. The molecule has 1 aliphatic carbocycles. The highest BCUT2D eigenvalue weighted by Crippen LogP contribution is 2.38. The van der Waals surface area contributed by atoms with Crippen LogP contribution in [0.25, 0.3) is 0 Å². The maximum absolute atomic E-state index is 13.3. The van der Waals surface area contributed by atoms with Gasteiger partial charge in [0.2, 0.25) is 0 Å². The zero-order valence-electron chi connectivity index (χ0n) is 19.0. The third-order valence-corrected chi connectivity index (χ3v) is 6.88. The minimum Gasteiger partial charge on any atom is -0.496 e. The van der Waals surface area contributed by atoms with Crippen LogP contribution in [0.5, 0.6) is 5.75 Å². The Balaban J connectivity index is 1.56. The molecule has 34 heavy (non-hydrogen) atoms. The van der Waals surface area contributed by atoms with Crippen LogP contribution < -0.4 is 15.4 Å². The second kappa shape index (κ2) is 10.5. The highest BCUT2D eigenvalue weighted by atomic mass is 32.1. The van der Waals surface area contributed by atoms with E-state index in [4.69, 9.17) is 9.47 Å². The Morgan fingerprint density at radius 1 is 1.09 bits per heavy atom. The Morgan fingerprint density at radius 2 is 1.91 bits per heavy atom. The first-order chi connectivity index (χ1) is 16.5. The van der Waals surface area contributed by atoms with Crippen molar-refractivity contribution >= 4 is 34.1 Å². The van der Waals surface area contributed by atoms with Crippen molar-refractivity contribution in [2.45, 2.75) is 32.2 Å². The van der Waals surface area contributed by atoms with Gasteiger partial charge in [-0.05, 0) is 61.1 Å². The van der Waals surface area contributed by atoms with E-state index in [9.17, 15) is 14.4 Å². The lowest BCUT2D eigenvalue weighted by Crippen LogP contribution is -2.25. The molecule has 8 nitrogen and oxygen atoms in total. The van der Waals surface area contributed by atoms with Gasteiger partial charge in [-0.15, -0.1) is 11.3 Å². The van der Waals surface area contributed by atoms with Crippen molar-refractivity contribution in [2.24, 2.45) is 0 Å². The van der Waals surface area contributed by atoms with Crippen LogP contribution in [-0.4, -0.2) is 37.0 Å². The van der Waals surface area contributed by atoms with Gasteiger partial charge in [0.15, 0.2) is 0 Å². The summed E-state index contributed by atoms with van der Waals surface area (Å²) in [6, 6.07) is 8.45. The van der Waals surface area contributed by atoms with Gasteiger partial charge >= 0.3 is 5.97 Å². The van der Waals surface area contributed by atoms with Gasteiger partial charge in [0.25, 0.3) is 11.8 Å². The number of fused-ring (bicyclic) bond motifs is 1. The normalized spacial score (nSPS) is 12.4.